The van der Waals surface area contributed by atoms with E-state index >= 15 is 0 Å². The summed E-state index contributed by atoms with van der Waals surface area (Å²) in [5, 5.41) is 39.6. The first-order valence-electron chi connectivity index (χ1n) is 23.4. The van der Waals surface area contributed by atoms with Crippen LogP contribution in [-0.2, 0) is 41.5 Å². The highest BCUT2D eigenvalue weighted by molar-refractivity contribution is 6.02. The van der Waals surface area contributed by atoms with Gasteiger partial charge in [0.15, 0.2) is 34.9 Å². The Labute approximate surface area is 444 Å². The van der Waals surface area contributed by atoms with Crippen LogP contribution in [0.4, 0.5) is 11.4 Å². The molecule has 6 rings (SSSR count). The van der Waals surface area contributed by atoms with E-state index in [0.29, 0.717) is 48.2 Å². The normalized spacial score (nSPS) is 13.6. The standard InChI is InChI=1S/C50H54N8O18.ClH/c51-49(52)55-29-11-13-31-27(23-29)5-3-17-73-41-33(7-1-9-37(41)75-47(31)69)43(63)57(35(45(65)66)25-39(59)60)15-19-71-21-22-72-20-16-58(36(46(67)68)26-40(61)62)44(64)34-8-2-10-38-42(34)74-18-4-6-28-24-30(56-50(53)54)12-14-32(28)48(70)76-38;/h1-2,7-14,23-24,35-36H,3-6,15-22,25-26H2,(H,59,60)(H,61,62)(H,65,66)(H,67,68)(H4,51,52,55)(H4,53,54,56);1H. The zero-order valence-electron chi connectivity index (χ0n) is 41.0. The number of fused-ring (bicyclic) bond motifs is 4. The van der Waals surface area contributed by atoms with E-state index in [9.17, 15) is 58.8 Å². The summed E-state index contributed by atoms with van der Waals surface area (Å²) in [6, 6.07) is 13.4. The van der Waals surface area contributed by atoms with Gasteiger partial charge in [0.2, 0.25) is 0 Å². The van der Waals surface area contributed by atoms with Crippen molar-refractivity contribution in [3.05, 3.63) is 106 Å². The second kappa shape index (κ2) is 27.5. The predicted octanol–water partition coefficient (Wildman–Crippen LogP) is 2.48. The third kappa shape index (κ3) is 15.8. The first-order chi connectivity index (χ1) is 36.3. The van der Waals surface area contributed by atoms with E-state index in [1.54, 1.807) is 12.1 Å². The third-order valence-electron chi connectivity index (χ3n) is 11.5. The lowest BCUT2D eigenvalue weighted by Gasteiger charge is -2.29. The van der Waals surface area contributed by atoms with Gasteiger partial charge in [-0.1, -0.05) is 12.1 Å². The molecule has 27 heteroatoms. The number of halogens is 1. The summed E-state index contributed by atoms with van der Waals surface area (Å²) in [6.45, 7) is -2.20. The number of carboxylic acid groups (broad SMARTS) is 4. The van der Waals surface area contributed by atoms with E-state index in [-0.39, 0.29) is 109 Å². The van der Waals surface area contributed by atoms with Gasteiger partial charge >= 0.3 is 35.8 Å². The Balaban J connectivity index is 0.0000109. The van der Waals surface area contributed by atoms with Crippen LogP contribution in [0.25, 0.3) is 0 Å². The molecular weight excluding hydrogens is 1040 g/mol. The number of guanidine groups is 2. The fraction of sp³-hybridized carbons (Fsp3) is 0.320. The number of hydrogen-bond donors (Lipinski definition) is 8. The summed E-state index contributed by atoms with van der Waals surface area (Å²) in [6.07, 6.45) is -0.772. The van der Waals surface area contributed by atoms with Gasteiger partial charge in [0, 0.05) is 13.1 Å². The first kappa shape index (κ1) is 58.9. The molecule has 2 heterocycles. The number of nitrogens with two attached hydrogens (primary N) is 4. The number of carbonyl (C=O) groups is 8. The maximum atomic E-state index is 14.3. The van der Waals surface area contributed by atoms with Gasteiger partial charge in [-0.15, -0.1) is 12.4 Å². The number of amides is 2. The number of aliphatic carboxylic acids is 4. The van der Waals surface area contributed by atoms with Crippen molar-refractivity contribution in [3.63, 3.8) is 0 Å². The average molecular weight is 1090 g/mol. The van der Waals surface area contributed by atoms with Gasteiger partial charge in [-0.2, -0.15) is 0 Å². The molecule has 12 N–H and O–H groups in total. The van der Waals surface area contributed by atoms with E-state index in [1.807, 2.05) is 0 Å². The van der Waals surface area contributed by atoms with Gasteiger partial charge in [-0.3, -0.25) is 19.2 Å². The summed E-state index contributed by atoms with van der Waals surface area (Å²) in [5.74, 6) is -11.1. The molecule has 410 valence electrons. The van der Waals surface area contributed by atoms with E-state index < -0.39 is 85.6 Å². The maximum Gasteiger partial charge on any atom is 0.343 e. The smallest absolute Gasteiger partial charge is 0.343 e. The van der Waals surface area contributed by atoms with Crippen LogP contribution in [0.2, 0.25) is 0 Å². The van der Waals surface area contributed by atoms with Crippen LogP contribution in [-0.4, -0.2) is 155 Å². The Morgan fingerprint density at radius 3 is 1.31 bits per heavy atom. The van der Waals surface area contributed by atoms with Crippen molar-refractivity contribution >= 4 is 83.3 Å². The summed E-state index contributed by atoms with van der Waals surface area (Å²) >= 11 is 0. The Morgan fingerprint density at radius 1 is 0.571 bits per heavy atom. The van der Waals surface area contributed by atoms with Crippen LogP contribution in [0.5, 0.6) is 23.0 Å². The Bertz CT molecular complexity index is 2750. The second-order valence-electron chi connectivity index (χ2n) is 16.8. The highest BCUT2D eigenvalue weighted by atomic mass is 35.5. The molecule has 26 nitrogen and oxygen atoms in total. The third-order valence-corrected chi connectivity index (χ3v) is 11.5. The number of nitrogens with zero attached hydrogens (tertiary/aromatic N) is 4. The van der Waals surface area contributed by atoms with Crippen molar-refractivity contribution < 1.29 is 87.2 Å². The lowest BCUT2D eigenvalue weighted by Crippen LogP contribution is -2.48. The van der Waals surface area contributed by atoms with E-state index in [1.165, 1.54) is 60.7 Å². The number of benzene rings is 4. The number of carbonyl (C=O) groups excluding carboxylic acids is 4. The van der Waals surface area contributed by atoms with Crippen LogP contribution < -0.4 is 41.9 Å². The maximum absolute atomic E-state index is 14.3. The second-order valence-corrected chi connectivity index (χ2v) is 16.8. The SMILES string of the molecule is Cl.NC(N)=Nc1ccc2c(c1)CCCOc1c(cccc1C(=O)N(CCOCCOCCN(C(=O)c1cccc3c1OCCCc1cc(N=C(N)N)ccc1C(=O)O3)C(CC(=O)O)C(=O)O)C(CC(=O)O)C(=O)O)OC2=O. The van der Waals surface area contributed by atoms with Crippen molar-refractivity contribution in [2.45, 2.75) is 50.6 Å². The molecule has 2 amide bonds. The van der Waals surface area contributed by atoms with Crippen molar-refractivity contribution in [1.29, 1.82) is 0 Å². The van der Waals surface area contributed by atoms with Gasteiger partial charge in [-0.25, -0.2) is 29.2 Å². The van der Waals surface area contributed by atoms with Crippen molar-refractivity contribution in [2.24, 2.45) is 32.9 Å². The van der Waals surface area contributed by atoms with Crippen molar-refractivity contribution in [3.8, 4) is 23.0 Å². The molecule has 0 bridgehead atoms. The number of para-hydroxylation sites is 2. The molecule has 0 aromatic heterocycles. The lowest BCUT2D eigenvalue weighted by molar-refractivity contribution is -0.149. The molecule has 0 saturated heterocycles. The van der Waals surface area contributed by atoms with E-state index in [4.69, 9.17) is 51.4 Å². The fourth-order valence-electron chi connectivity index (χ4n) is 8.17. The van der Waals surface area contributed by atoms with Gasteiger partial charge in [0.05, 0.1) is 86.1 Å². The zero-order valence-corrected chi connectivity index (χ0v) is 41.8. The Kier molecular flexibility index (Phi) is 21.0. The monoisotopic (exact) mass is 1090 g/mol. The quantitative estimate of drug-likeness (QED) is 0.0195. The van der Waals surface area contributed by atoms with Gasteiger partial charge in [-0.05, 0) is 97.5 Å². The number of hydrogen-bond acceptors (Lipinski definition) is 16. The Morgan fingerprint density at radius 2 is 0.961 bits per heavy atom. The van der Waals surface area contributed by atoms with Crippen LogP contribution >= 0.6 is 12.4 Å². The lowest BCUT2D eigenvalue weighted by atomic mass is 10.0. The van der Waals surface area contributed by atoms with Crippen LogP contribution in [0.1, 0.15) is 78.2 Å². The number of ether oxygens (including phenoxy) is 6. The minimum absolute atomic E-state index is 0. The summed E-state index contributed by atoms with van der Waals surface area (Å²) in [7, 11) is 0. The summed E-state index contributed by atoms with van der Waals surface area (Å²) < 4.78 is 34.6. The largest absolute Gasteiger partial charge is 0.489 e. The molecular formula is C50H55ClN8O18. The number of rotatable bonds is 21. The van der Waals surface area contributed by atoms with Gasteiger partial charge in [0.25, 0.3) is 11.8 Å². The van der Waals surface area contributed by atoms with Crippen LogP contribution in [0.15, 0.2) is 82.8 Å². The molecule has 2 aliphatic heterocycles. The zero-order chi connectivity index (χ0) is 55.1. The van der Waals surface area contributed by atoms with Crippen LogP contribution in [0.3, 0.4) is 0 Å². The van der Waals surface area contributed by atoms with Gasteiger partial charge in [0.1, 0.15) is 12.1 Å². The van der Waals surface area contributed by atoms with E-state index in [2.05, 4.69) is 9.98 Å². The number of aliphatic imine (C=N–C) groups is 2. The summed E-state index contributed by atoms with van der Waals surface area (Å²) in [4.78, 5) is 114. The van der Waals surface area contributed by atoms with Crippen molar-refractivity contribution in [2.75, 3.05) is 52.7 Å². The minimum atomic E-state index is -1.91. The average Bonchev–Trinajstić information content (AvgIpc) is 3.36. The molecule has 2 unspecified atom stereocenters. The number of carboxylic acids is 4. The molecule has 0 radical (unpaired) electrons. The minimum Gasteiger partial charge on any atom is -0.489 e. The Hall–Kier alpha value is -9.01. The van der Waals surface area contributed by atoms with Gasteiger partial charge < -0.3 is 81.6 Å². The van der Waals surface area contributed by atoms with Crippen molar-refractivity contribution in [1.82, 2.24) is 9.80 Å². The molecule has 4 aromatic carbocycles. The fourth-order valence-corrected chi connectivity index (χ4v) is 8.17. The topological polar surface area (TPSA) is 408 Å². The molecule has 0 saturated carbocycles. The van der Waals surface area contributed by atoms with Crippen LogP contribution in [0, 0.1) is 0 Å². The molecule has 0 fully saturated rings. The number of esters is 2. The molecule has 4 aromatic rings. The first-order valence-corrected chi connectivity index (χ1v) is 23.4. The highest BCUT2D eigenvalue weighted by Gasteiger charge is 2.37. The summed E-state index contributed by atoms with van der Waals surface area (Å²) in [5.41, 5.74) is 23.8. The molecule has 0 aliphatic carbocycles. The molecule has 2 aliphatic rings. The predicted molar refractivity (Wildman–Crippen MR) is 273 cm³/mol. The molecule has 77 heavy (non-hydrogen) atoms. The molecule has 0 spiro atoms. The van der Waals surface area contributed by atoms with E-state index in [0.717, 1.165) is 9.80 Å². The molecule has 2 atom stereocenters. The number of aryl methyl sites for hydroxylation is 2. The highest BCUT2D eigenvalue weighted by Crippen LogP contribution is 2.37.